The number of rotatable bonds is 5. The van der Waals surface area contributed by atoms with Crippen molar-refractivity contribution in [3.05, 3.63) is 63.1 Å². The minimum atomic E-state index is -0.490. The molecule has 0 heterocycles. The molecule has 21 heavy (non-hydrogen) atoms. The number of esters is 1. The molecule has 2 rings (SSSR count). The van der Waals surface area contributed by atoms with Crippen molar-refractivity contribution >= 4 is 40.8 Å². The van der Waals surface area contributed by atoms with E-state index in [0.717, 1.165) is 5.56 Å². The maximum atomic E-state index is 11.6. The predicted molar refractivity (Wildman–Crippen MR) is 83.2 cm³/mol. The van der Waals surface area contributed by atoms with Gasteiger partial charge < -0.3 is 9.47 Å². The summed E-state index contributed by atoms with van der Waals surface area (Å²) in [4.78, 5) is 11.6. The summed E-state index contributed by atoms with van der Waals surface area (Å²) >= 11 is 17.5. The first-order valence-electron chi connectivity index (χ1n) is 6.02. The van der Waals surface area contributed by atoms with Gasteiger partial charge in [0.1, 0.15) is 12.4 Å². The third kappa shape index (κ3) is 5.12. The summed E-state index contributed by atoms with van der Waals surface area (Å²) < 4.78 is 10.4. The van der Waals surface area contributed by atoms with Crippen molar-refractivity contribution in [3.63, 3.8) is 0 Å². The molecule has 0 spiro atoms. The molecule has 2 aromatic rings. The van der Waals surface area contributed by atoms with Crippen molar-refractivity contribution in [2.45, 2.75) is 6.61 Å². The predicted octanol–water partition coefficient (Wildman–Crippen LogP) is 4.77. The molecule has 0 fully saturated rings. The number of hydrogen-bond acceptors (Lipinski definition) is 3. The van der Waals surface area contributed by atoms with Gasteiger partial charge in [-0.25, -0.2) is 4.79 Å². The van der Waals surface area contributed by atoms with E-state index in [1.165, 1.54) is 6.07 Å². The molecule has 0 unspecified atom stereocenters. The molecule has 0 bridgehead atoms. The lowest BCUT2D eigenvalue weighted by Gasteiger charge is -2.08. The number of hydrogen-bond donors (Lipinski definition) is 0. The van der Waals surface area contributed by atoms with Crippen molar-refractivity contribution in [3.8, 4) is 5.75 Å². The van der Waals surface area contributed by atoms with Gasteiger partial charge in [-0.2, -0.15) is 0 Å². The molecule has 0 aliphatic rings. The highest BCUT2D eigenvalue weighted by Crippen LogP contribution is 2.27. The summed E-state index contributed by atoms with van der Waals surface area (Å²) in [5, 5.41) is 1.47. The first-order chi connectivity index (χ1) is 10.0. The second-order valence-electron chi connectivity index (χ2n) is 4.15. The van der Waals surface area contributed by atoms with E-state index in [9.17, 15) is 4.79 Å². The Bertz CT molecular complexity index is 627. The van der Waals surface area contributed by atoms with Gasteiger partial charge >= 0.3 is 5.97 Å². The highest BCUT2D eigenvalue weighted by molar-refractivity contribution is 6.35. The van der Waals surface area contributed by atoms with Gasteiger partial charge in [-0.1, -0.05) is 46.9 Å². The monoisotopic (exact) mass is 344 g/mol. The molecule has 0 radical (unpaired) electrons. The molecule has 2 aromatic carbocycles. The van der Waals surface area contributed by atoms with Crippen LogP contribution in [0, 0.1) is 0 Å². The molecule has 0 saturated heterocycles. The van der Waals surface area contributed by atoms with Gasteiger partial charge in [0.25, 0.3) is 0 Å². The average molecular weight is 346 g/mol. The van der Waals surface area contributed by atoms with E-state index < -0.39 is 5.97 Å². The first-order valence-corrected chi connectivity index (χ1v) is 7.16. The molecule has 110 valence electrons. The van der Waals surface area contributed by atoms with Crippen LogP contribution >= 0.6 is 34.8 Å². The zero-order valence-electron chi connectivity index (χ0n) is 10.8. The van der Waals surface area contributed by atoms with Gasteiger partial charge in [0.05, 0.1) is 5.02 Å². The van der Waals surface area contributed by atoms with Gasteiger partial charge in [-0.3, -0.25) is 0 Å². The summed E-state index contributed by atoms with van der Waals surface area (Å²) in [6, 6.07) is 11.8. The Morgan fingerprint density at radius 3 is 2.29 bits per heavy atom. The molecule has 0 aliphatic heterocycles. The van der Waals surface area contributed by atoms with Crippen LogP contribution < -0.4 is 4.74 Å². The molecule has 0 aromatic heterocycles. The largest absolute Gasteiger partial charge is 0.480 e. The van der Waals surface area contributed by atoms with Crippen molar-refractivity contribution < 1.29 is 14.3 Å². The van der Waals surface area contributed by atoms with Crippen LogP contribution in [0.1, 0.15) is 5.56 Å². The molecule has 0 saturated carbocycles. The minimum absolute atomic E-state index is 0.160. The number of ether oxygens (including phenoxy) is 2. The van der Waals surface area contributed by atoms with E-state index in [1.807, 2.05) is 0 Å². The zero-order valence-corrected chi connectivity index (χ0v) is 13.1. The standard InChI is InChI=1S/C15H11Cl3O3/c16-11-3-1-10(2-4-11)8-21-15(19)9-20-14-6-5-12(17)7-13(14)18/h1-7H,8-9H2. The summed E-state index contributed by atoms with van der Waals surface area (Å²) in [5.74, 6) is -0.111. The maximum absolute atomic E-state index is 11.6. The summed E-state index contributed by atoms with van der Waals surface area (Å²) in [7, 11) is 0. The molecule has 0 N–H and O–H groups in total. The quantitative estimate of drug-likeness (QED) is 0.732. The van der Waals surface area contributed by atoms with Gasteiger partial charge in [-0.15, -0.1) is 0 Å². The SMILES string of the molecule is O=C(COc1ccc(Cl)cc1Cl)OCc1ccc(Cl)cc1. The summed E-state index contributed by atoms with van der Waals surface area (Å²) in [6.07, 6.45) is 0. The molecule has 3 nitrogen and oxygen atoms in total. The van der Waals surface area contributed by atoms with Crippen LogP contribution in [0.4, 0.5) is 0 Å². The highest BCUT2D eigenvalue weighted by atomic mass is 35.5. The molecular formula is C15H11Cl3O3. The number of halogens is 3. The zero-order chi connectivity index (χ0) is 15.2. The number of carbonyl (C=O) groups is 1. The van der Waals surface area contributed by atoms with Crippen LogP contribution in [0.3, 0.4) is 0 Å². The minimum Gasteiger partial charge on any atom is -0.480 e. The topological polar surface area (TPSA) is 35.5 Å². The maximum Gasteiger partial charge on any atom is 0.344 e. The lowest BCUT2D eigenvalue weighted by Crippen LogP contribution is -2.14. The van der Waals surface area contributed by atoms with Crippen molar-refractivity contribution in [1.82, 2.24) is 0 Å². The van der Waals surface area contributed by atoms with E-state index in [1.54, 1.807) is 36.4 Å². The fourth-order valence-electron chi connectivity index (χ4n) is 1.52. The van der Waals surface area contributed by atoms with Gasteiger partial charge in [0, 0.05) is 10.0 Å². The average Bonchev–Trinajstić information content (AvgIpc) is 2.46. The van der Waals surface area contributed by atoms with Crippen molar-refractivity contribution in [2.24, 2.45) is 0 Å². The smallest absolute Gasteiger partial charge is 0.344 e. The van der Waals surface area contributed by atoms with E-state index in [2.05, 4.69) is 0 Å². The third-order valence-electron chi connectivity index (χ3n) is 2.55. The lowest BCUT2D eigenvalue weighted by atomic mass is 10.2. The number of carbonyl (C=O) groups excluding carboxylic acids is 1. The third-order valence-corrected chi connectivity index (χ3v) is 3.33. The van der Waals surface area contributed by atoms with Crippen LogP contribution in [0.15, 0.2) is 42.5 Å². The van der Waals surface area contributed by atoms with Crippen LogP contribution in [0.2, 0.25) is 15.1 Å². The van der Waals surface area contributed by atoms with Crippen molar-refractivity contribution in [2.75, 3.05) is 6.61 Å². The summed E-state index contributed by atoms with van der Waals surface area (Å²) in [6.45, 7) is -0.0668. The van der Waals surface area contributed by atoms with Crippen LogP contribution in [-0.4, -0.2) is 12.6 Å². The van der Waals surface area contributed by atoms with Crippen LogP contribution in [0.25, 0.3) is 0 Å². The Morgan fingerprint density at radius 1 is 0.952 bits per heavy atom. The Balaban J connectivity index is 1.80. The second kappa shape index (κ2) is 7.55. The van der Waals surface area contributed by atoms with E-state index in [4.69, 9.17) is 44.3 Å². The fraction of sp³-hybridized carbons (Fsp3) is 0.133. The Labute approximate surface area is 137 Å². The van der Waals surface area contributed by atoms with Gasteiger partial charge in [-0.05, 0) is 35.9 Å². The van der Waals surface area contributed by atoms with E-state index >= 15 is 0 Å². The molecular weight excluding hydrogens is 335 g/mol. The molecule has 0 atom stereocenters. The van der Waals surface area contributed by atoms with Gasteiger partial charge in [0.15, 0.2) is 6.61 Å². The highest BCUT2D eigenvalue weighted by Gasteiger charge is 2.08. The molecule has 0 amide bonds. The van der Waals surface area contributed by atoms with E-state index in [0.29, 0.717) is 20.8 Å². The molecule has 0 aliphatic carbocycles. The normalized spacial score (nSPS) is 10.2. The lowest BCUT2D eigenvalue weighted by molar-refractivity contribution is -0.147. The van der Waals surface area contributed by atoms with Crippen LogP contribution in [0.5, 0.6) is 5.75 Å². The first kappa shape index (κ1) is 16.0. The summed E-state index contributed by atoms with van der Waals surface area (Å²) in [5.41, 5.74) is 0.845. The Hall–Kier alpha value is -1.42. The Morgan fingerprint density at radius 2 is 1.62 bits per heavy atom. The number of benzene rings is 2. The second-order valence-corrected chi connectivity index (χ2v) is 5.43. The Kier molecular flexibility index (Phi) is 5.74. The van der Waals surface area contributed by atoms with E-state index in [-0.39, 0.29) is 13.2 Å². The molecule has 6 heteroatoms. The van der Waals surface area contributed by atoms with Crippen molar-refractivity contribution in [1.29, 1.82) is 0 Å². The van der Waals surface area contributed by atoms with Gasteiger partial charge in [0.2, 0.25) is 0 Å². The fourth-order valence-corrected chi connectivity index (χ4v) is 2.10. The van der Waals surface area contributed by atoms with Crippen LogP contribution in [-0.2, 0) is 16.1 Å².